The Balaban J connectivity index is 2.06. The zero-order valence-electron chi connectivity index (χ0n) is 24.3. The van der Waals surface area contributed by atoms with Gasteiger partial charge in [-0.2, -0.15) is 0 Å². The number of amides is 2. The number of carbonyl (C=O) groups excluding carboxylic acids is 2. The van der Waals surface area contributed by atoms with Crippen LogP contribution in [0.1, 0.15) is 55.9 Å². The van der Waals surface area contributed by atoms with E-state index in [0.29, 0.717) is 12.1 Å². The molecule has 2 amide bonds. The molecule has 214 valence electrons. The first-order chi connectivity index (χ1) is 19.0. The van der Waals surface area contributed by atoms with Crippen LogP contribution in [0.3, 0.4) is 0 Å². The van der Waals surface area contributed by atoms with Gasteiger partial charge in [0.2, 0.25) is 11.8 Å². The van der Waals surface area contributed by atoms with Crippen LogP contribution in [0.15, 0.2) is 77.7 Å². The third-order valence-corrected chi connectivity index (χ3v) is 8.91. The van der Waals surface area contributed by atoms with Gasteiger partial charge in [-0.05, 0) is 69.9 Å². The van der Waals surface area contributed by atoms with Gasteiger partial charge in [0.25, 0.3) is 10.0 Å². The fourth-order valence-corrected chi connectivity index (χ4v) is 5.92. The Bertz CT molecular complexity index is 1400. The first-order valence-electron chi connectivity index (χ1n) is 13.8. The van der Waals surface area contributed by atoms with Gasteiger partial charge in [-0.25, -0.2) is 8.42 Å². The molecule has 0 aliphatic carbocycles. The summed E-state index contributed by atoms with van der Waals surface area (Å²) >= 11 is 0. The lowest BCUT2D eigenvalue weighted by atomic mass is 10.1. The highest BCUT2D eigenvalue weighted by atomic mass is 32.2. The van der Waals surface area contributed by atoms with Crippen LogP contribution in [0.2, 0.25) is 0 Å². The van der Waals surface area contributed by atoms with Crippen molar-refractivity contribution >= 4 is 27.5 Å². The molecular weight excluding hydrogens is 522 g/mol. The SMILES string of the molecule is CC[C@@H](C)NC(=O)[C@H](CC)N(Cc1ccc(C)cc1)C(=O)CN(c1ccccc1C)S(=O)(=O)c1ccc(C)cc1. The lowest BCUT2D eigenvalue weighted by Gasteiger charge is -2.34. The van der Waals surface area contributed by atoms with Crippen molar-refractivity contribution in [1.29, 1.82) is 0 Å². The Labute approximate surface area is 239 Å². The summed E-state index contributed by atoms with van der Waals surface area (Å²) < 4.78 is 29.1. The molecule has 0 spiro atoms. The Kier molecular flexibility index (Phi) is 10.5. The number of carbonyl (C=O) groups is 2. The van der Waals surface area contributed by atoms with E-state index >= 15 is 0 Å². The van der Waals surface area contributed by atoms with Crippen molar-refractivity contribution in [2.24, 2.45) is 0 Å². The predicted octanol–water partition coefficient (Wildman–Crippen LogP) is 5.53. The van der Waals surface area contributed by atoms with Crippen molar-refractivity contribution < 1.29 is 18.0 Å². The maximum atomic E-state index is 14.1. The van der Waals surface area contributed by atoms with Crippen molar-refractivity contribution in [3.63, 3.8) is 0 Å². The number of nitrogens with zero attached hydrogens (tertiary/aromatic N) is 2. The van der Waals surface area contributed by atoms with Gasteiger partial charge in [-0.15, -0.1) is 0 Å². The third-order valence-electron chi connectivity index (χ3n) is 7.13. The van der Waals surface area contributed by atoms with Crippen LogP contribution >= 0.6 is 0 Å². The minimum absolute atomic E-state index is 0.0525. The standard InChI is InChI=1S/C32H41N3O4S/c1-7-26(6)33-32(37)29(8-2)34(21-27-17-13-23(3)14-18-27)31(36)22-35(30-12-10-9-11-25(30)5)40(38,39)28-19-15-24(4)16-20-28/h9-20,26,29H,7-8,21-22H2,1-6H3,(H,33,37)/t26-,29+/m1/s1. The Hall–Kier alpha value is -3.65. The normalized spacial score (nSPS) is 12.8. The highest BCUT2D eigenvalue weighted by molar-refractivity contribution is 7.92. The Morgan fingerprint density at radius 3 is 1.95 bits per heavy atom. The number of benzene rings is 3. The molecule has 1 N–H and O–H groups in total. The van der Waals surface area contributed by atoms with Gasteiger partial charge in [0.1, 0.15) is 12.6 Å². The van der Waals surface area contributed by atoms with Gasteiger partial charge in [0.05, 0.1) is 10.6 Å². The number of aryl methyl sites for hydroxylation is 3. The molecule has 0 heterocycles. The number of anilines is 1. The third kappa shape index (κ3) is 7.50. The molecule has 0 aromatic heterocycles. The molecule has 3 aromatic rings. The van der Waals surface area contributed by atoms with Crippen LogP contribution in [0.25, 0.3) is 0 Å². The summed E-state index contributed by atoms with van der Waals surface area (Å²) in [5.41, 5.74) is 4.01. The molecule has 0 aliphatic rings. The maximum absolute atomic E-state index is 14.1. The lowest BCUT2D eigenvalue weighted by molar-refractivity contribution is -0.140. The smallest absolute Gasteiger partial charge is 0.264 e. The van der Waals surface area contributed by atoms with Crippen LogP contribution in [0, 0.1) is 20.8 Å². The van der Waals surface area contributed by atoms with Gasteiger partial charge in [-0.3, -0.25) is 13.9 Å². The summed E-state index contributed by atoms with van der Waals surface area (Å²) in [5.74, 6) is -0.702. The summed E-state index contributed by atoms with van der Waals surface area (Å²) in [5, 5.41) is 3.00. The van der Waals surface area contributed by atoms with Crippen LogP contribution in [-0.2, 0) is 26.2 Å². The molecule has 8 heteroatoms. The monoisotopic (exact) mass is 563 g/mol. The van der Waals surface area contributed by atoms with Crippen LogP contribution < -0.4 is 9.62 Å². The maximum Gasteiger partial charge on any atom is 0.264 e. The summed E-state index contributed by atoms with van der Waals surface area (Å²) in [6, 6.07) is 20.6. The van der Waals surface area contributed by atoms with Gasteiger partial charge in [0.15, 0.2) is 0 Å². The molecule has 40 heavy (non-hydrogen) atoms. The van der Waals surface area contributed by atoms with Crippen molar-refractivity contribution in [3.8, 4) is 0 Å². The van der Waals surface area contributed by atoms with E-state index in [1.807, 2.05) is 77.9 Å². The molecule has 2 atom stereocenters. The average molecular weight is 564 g/mol. The fourth-order valence-electron chi connectivity index (χ4n) is 4.44. The minimum atomic E-state index is -4.09. The number of nitrogens with one attached hydrogen (secondary N) is 1. The zero-order valence-corrected chi connectivity index (χ0v) is 25.2. The van der Waals surface area contributed by atoms with Crippen LogP contribution in [0.5, 0.6) is 0 Å². The summed E-state index contributed by atoms with van der Waals surface area (Å²) in [7, 11) is -4.09. The Morgan fingerprint density at radius 1 is 0.825 bits per heavy atom. The van der Waals surface area contributed by atoms with E-state index < -0.39 is 28.5 Å². The lowest BCUT2D eigenvalue weighted by Crippen LogP contribution is -2.53. The van der Waals surface area contributed by atoms with Crippen molar-refractivity contribution in [3.05, 3.63) is 95.1 Å². The number of sulfonamides is 1. The second-order valence-corrected chi connectivity index (χ2v) is 12.2. The van der Waals surface area contributed by atoms with Crippen molar-refractivity contribution in [2.75, 3.05) is 10.8 Å². The Morgan fingerprint density at radius 2 is 1.40 bits per heavy atom. The molecular formula is C32H41N3O4S. The van der Waals surface area contributed by atoms with E-state index in [1.54, 1.807) is 36.4 Å². The number of hydrogen-bond acceptors (Lipinski definition) is 4. The van der Waals surface area contributed by atoms with Gasteiger partial charge in [0, 0.05) is 12.6 Å². The molecule has 0 fully saturated rings. The number of hydrogen-bond donors (Lipinski definition) is 1. The number of para-hydroxylation sites is 1. The minimum Gasteiger partial charge on any atom is -0.352 e. The molecule has 3 aromatic carbocycles. The van der Waals surface area contributed by atoms with E-state index in [1.165, 1.54) is 4.90 Å². The van der Waals surface area contributed by atoms with Crippen LogP contribution in [0.4, 0.5) is 5.69 Å². The molecule has 7 nitrogen and oxygen atoms in total. The molecule has 0 bridgehead atoms. The van der Waals surface area contributed by atoms with E-state index in [4.69, 9.17) is 0 Å². The fraction of sp³-hybridized carbons (Fsp3) is 0.375. The van der Waals surface area contributed by atoms with E-state index in [-0.39, 0.29) is 23.4 Å². The molecule has 0 radical (unpaired) electrons. The van der Waals surface area contributed by atoms with Crippen LogP contribution in [-0.4, -0.2) is 43.8 Å². The van der Waals surface area contributed by atoms with Gasteiger partial charge in [-0.1, -0.05) is 79.6 Å². The average Bonchev–Trinajstić information content (AvgIpc) is 2.93. The first kappa shape index (κ1) is 30.9. The summed E-state index contributed by atoms with van der Waals surface area (Å²) in [6.07, 6.45) is 1.14. The molecule has 0 unspecified atom stereocenters. The van der Waals surface area contributed by atoms with Gasteiger partial charge >= 0.3 is 0 Å². The van der Waals surface area contributed by atoms with Gasteiger partial charge < -0.3 is 10.2 Å². The van der Waals surface area contributed by atoms with E-state index in [2.05, 4.69) is 5.32 Å². The van der Waals surface area contributed by atoms with Crippen molar-refractivity contribution in [2.45, 2.75) is 77.9 Å². The highest BCUT2D eigenvalue weighted by Crippen LogP contribution is 2.28. The predicted molar refractivity (Wildman–Crippen MR) is 161 cm³/mol. The topological polar surface area (TPSA) is 86.8 Å². The largest absolute Gasteiger partial charge is 0.352 e. The van der Waals surface area contributed by atoms with E-state index in [0.717, 1.165) is 33.0 Å². The number of rotatable bonds is 12. The summed E-state index contributed by atoms with van der Waals surface area (Å²) in [4.78, 5) is 29.1. The second-order valence-electron chi connectivity index (χ2n) is 10.4. The summed E-state index contributed by atoms with van der Waals surface area (Å²) in [6.45, 7) is 11.2. The van der Waals surface area contributed by atoms with E-state index in [9.17, 15) is 18.0 Å². The molecule has 0 saturated carbocycles. The quantitative estimate of drug-likeness (QED) is 0.314. The highest BCUT2D eigenvalue weighted by Gasteiger charge is 2.34. The molecule has 0 saturated heterocycles. The molecule has 0 aliphatic heterocycles. The second kappa shape index (κ2) is 13.6. The first-order valence-corrected chi connectivity index (χ1v) is 15.2. The molecule has 3 rings (SSSR count). The zero-order chi connectivity index (χ0) is 29.4. The van der Waals surface area contributed by atoms with Crippen molar-refractivity contribution in [1.82, 2.24) is 10.2 Å².